The van der Waals surface area contributed by atoms with Gasteiger partial charge in [0, 0.05) is 0 Å². The zero-order valence-corrected chi connectivity index (χ0v) is 12.5. The molecule has 0 aliphatic rings. The van der Waals surface area contributed by atoms with Gasteiger partial charge in [0.1, 0.15) is 29.6 Å². The van der Waals surface area contributed by atoms with E-state index in [1.165, 1.54) is 0 Å². The predicted molar refractivity (Wildman–Crippen MR) is 76.4 cm³/mol. The van der Waals surface area contributed by atoms with Crippen molar-refractivity contribution in [1.29, 1.82) is 0 Å². The quantitative estimate of drug-likeness (QED) is 0.915. The minimum absolute atomic E-state index is 0.367. The second-order valence-electron chi connectivity index (χ2n) is 4.11. The van der Waals surface area contributed by atoms with Crippen LogP contribution in [-0.2, 0) is 13.2 Å². The Morgan fingerprint density at radius 3 is 2.68 bits per heavy atom. The summed E-state index contributed by atoms with van der Waals surface area (Å²) in [5.74, 6) is 3.08. The van der Waals surface area contributed by atoms with Crippen LogP contribution < -0.4 is 15.2 Å². The van der Waals surface area contributed by atoms with Crippen molar-refractivity contribution in [1.82, 2.24) is 0 Å². The zero-order valence-electron chi connectivity index (χ0n) is 10.9. The molecule has 2 N–H and O–H groups in total. The molecule has 5 heteroatoms. The normalized spacial score (nSPS) is 10.5. The summed E-state index contributed by atoms with van der Waals surface area (Å²) in [4.78, 5) is 0. The molecule has 0 fully saturated rings. The van der Waals surface area contributed by atoms with Gasteiger partial charge in [0.15, 0.2) is 0 Å². The summed E-state index contributed by atoms with van der Waals surface area (Å²) in [6.45, 7) is 2.74. The molecule has 4 nitrogen and oxygen atoms in total. The molecule has 102 valence electrons. The first-order chi connectivity index (χ1) is 9.13. The number of benzene rings is 1. The maximum atomic E-state index is 5.70. The van der Waals surface area contributed by atoms with Crippen molar-refractivity contribution in [2.45, 2.75) is 20.1 Å². The van der Waals surface area contributed by atoms with Crippen LogP contribution in [0.1, 0.15) is 17.1 Å². The van der Waals surface area contributed by atoms with E-state index in [1.807, 2.05) is 31.2 Å². The summed E-state index contributed by atoms with van der Waals surface area (Å²) in [5, 5.41) is 0. The smallest absolute Gasteiger partial charge is 0.146 e. The van der Waals surface area contributed by atoms with E-state index in [-0.39, 0.29) is 0 Å². The van der Waals surface area contributed by atoms with Crippen LogP contribution in [0.5, 0.6) is 11.5 Å². The third-order valence-electron chi connectivity index (χ3n) is 2.77. The van der Waals surface area contributed by atoms with Crippen molar-refractivity contribution in [2.24, 2.45) is 5.73 Å². The monoisotopic (exact) mass is 325 g/mol. The molecule has 0 radical (unpaired) electrons. The molecular formula is C14H16BrNO3. The highest BCUT2D eigenvalue weighted by Gasteiger charge is 2.08. The fourth-order valence-corrected chi connectivity index (χ4v) is 2.21. The summed E-state index contributed by atoms with van der Waals surface area (Å²) >= 11 is 3.44. The van der Waals surface area contributed by atoms with E-state index >= 15 is 0 Å². The van der Waals surface area contributed by atoms with Crippen LogP contribution in [-0.4, -0.2) is 7.11 Å². The third kappa shape index (κ3) is 3.30. The van der Waals surface area contributed by atoms with Crippen LogP contribution in [0.15, 0.2) is 33.2 Å². The van der Waals surface area contributed by atoms with E-state index in [2.05, 4.69) is 15.9 Å². The summed E-state index contributed by atoms with van der Waals surface area (Å²) in [6, 6.07) is 7.50. The van der Waals surface area contributed by atoms with Crippen LogP contribution in [0.2, 0.25) is 0 Å². The van der Waals surface area contributed by atoms with Gasteiger partial charge in [-0.05, 0) is 52.7 Å². The van der Waals surface area contributed by atoms with Crippen LogP contribution in [0.25, 0.3) is 0 Å². The Balaban J connectivity index is 2.05. The maximum Gasteiger partial charge on any atom is 0.146 e. The van der Waals surface area contributed by atoms with Crippen molar-refractivity contribution in [2.75, 3.05) is 7.11 Å². The van der Waals surface area contributed by atoms with Gasteiger partial charge in [0.25, 0.3) is 0 Å². The number of furan rings is 1. The highest BCUT2D eigenvalue weighted by Crippen LogP contribution is 2.30. The van der Waals surface area contributed by atoms with Gasteiger partial charge in [-0.3, -0.25) is 0 Å². The lowest BCUT2D eigenvalue weighted by Crippen LogP contribution is -1.96. The van der Waals surface area contributed by atoms with Gasteiger partial charge in [0.05, 0.1) is 18.1 Å². The van der Waals surface area contributed by atoms with Crippen molar-refractivity contribution in [3.8, 4) is 11.5 Å². The number of halogens is 1. The van der Waals surface area contributed by atoms with E-state index < -0.39 is 0 Å². The Kier molecular flexibility index (Phi) is 4.50. The average Bonchev–Trinajstić information content (AvgIpc) is 2.77. The molecule has 0 bridgehead atoms. The van der Waals surface area contributed by atoms with Crippen molar-refractivity contribution in [3.05, 3.63) is 45.8 Å². The van der Waals surface area contributed by atoms with Crippen molar-refractivity contribution in [3.63, 3.8) is 0 Å². The lowest BCUT2D eigenvalue weighted by Gasteiger charge is -2.08. The van der Waals surface area contributed by atoms with Gasteiger partial charge in [-0.15, -0.1) is 0 Å². The molecule has 2 rings (SSSR count). The number of ether oxygens (including phenoxy) is 2. The summed E-state index contributed by atoms with van der Waals surface area (Å²) < 4.78 is 17.2. The minimum atomic E-state index is 0.367. The number of aryl methyl sites for hydroxylation is 1. The molecule has 0 aliphatic carbocycles. The number of hydrogen-bond acceptors (Lipinski definition) is 4. The number of nitrogens with two attached hydrogens (primary N) is 1. The Bertz CT molecular complexity index is 566. The molecule has 0 saturated carbocycles. The molecule has 1 heterocycles. The topological polar surface area (TPSA) is 57.6 Å². The second-order valence-corrected chi connectivity index (χ2v) is 4.96. The molecule has 1 aromatic heterocycles. The minimum Gasteiger partial charge on any atom is -0.497 e. The second kappa shape index (κ2) is 6.12. The number of rotatable bonds is 5. The van der Waals surface area contributed by atoms with Gasteiger partial charge in [-0.2, -0.15) is 0 Å². The van der Waals surface area contributed by atoms with E-state index in [4.69, 9.17) is 19.6 Å². The Morgan fingerprint density at radius 1 is 1.32 bits per heavy atom. The van der Waals surface area contributed by atoms with E-state index in [9.17, 15) is 0 Å². The van der Waals surface area contributed by atoms with Crippen LogP contribution >= 0.6 is 15.9 Å². The fourth-order valence-electron chi connectivity index (χ4n) is 1.74. The summed E-state index contributed by atoms with van der Waals surface area (Å²) in [7, 11) is 1.63. The van der Waals surface area contributed by atoms with Gasteiger partial charge < -0.3 is 19.6 Å². The molecule has 2 aromatic rings. The maximum absolute atomic E-state index is 5.70. The van der Waals surface area contributed by atoms with Gasteiger partial charge in [-0.25, -0.2) is 0 Å². The highest BCUT2D eigenvalue weighted by molar-refractivity contribution is 9.10. The summed E-state index contributed by atoms with van der Waals surface area (Å²) in [6.07, 6.45) is 0. The van der Waals surface area contributed by atoms with Gasteiger partial charge >= 0.3 is 0 Å². The first-order valence-corrected chi connectivity index (χ1v) is 6.68. The largest absolute Gasteiger partial charge is 0.497 e. The first-order valence-electron chi connectivity index (χ1n) is 5.88. The van der Waals surface area contributed by atoms with Crippen molar-refractivity contribution >= 4 is 15.9 Å². The van der Waals surface area contributed by atoms with Crippen molar-refractivity contribution < 1.29 is 13.9 Å². The lowest BCUT2D eigenvalue weighted by molar-refractivity contribution is 0.264. The van der Waals surface area contributed by atoms with Gasteiger partial charge in [-0.1, -0.05) is 0 Å². The molecular weight excluding hydrogens is 310 g/mol. The molecule has 0 atom stereocenters. The number of hydrogen-bond donors (Lipinski definition) is 1. The molecule has 0 saturated heterocycles. The van der Waals surface area contributed by atoms with Crippen LogP contribution in [0, 0.1) is 6.92 Å². The average molecular weight is 326 g/mol. The van der Waals surface area contributed by atoms with E-state index in [1.54, 1.807) is 7.11 Å². The summed E-state index contributed by atoms with van der Waals surface area (Å²) in [5.41, 5.74) is 6.62. The van der Waals surface area contributed by atoms with Crippen LogP contribution in [0.3, 0.4) is 0 Å². The zero-order chi connectivity index (χ0) is 13.8. The van der Waals surface area contributed by atoms with Crippen LogP contribution in [0.4, 0.5) is 0 Å². The third-order valence-corrected chi connectivity index (χ3v) is 3.39. The lowest BCUT2D eigenvalue weighted by atomic mass is 10.2. The molecule has 19 heavy (non-hydrogen) atoms. The fraction of sp³-hybridized carbons (Fsp3) is 0.286. The molecule has 0 spiro atoms. The molecule has 0 aliphatic heterocycles. The Hall–Kier alpha value is -1.46. The number of methoxy groups -OCH3 is 1. The Labute approximate surface area is 120 Å². The SMILES string of the molecule is COc1ccc(OCc2cc(C)c(CN)o2)c(Br)c1. The van der Waals surface area contributed by atoms with E-state index in [0.29, 0.717) is 13.2 Å². The first kappa shape index (κ1) is 14.0. The predicted octanol–water partition coefficient (Wildman–Crippen LogP) is 3.40. The standard InChI is InChI=1S/C14H16BrNO3/c1-9-5-11(19-14(9)7-16)8-18-13-4-3-10(17-2)6-12(13)15/h3-6H,7-8,16H2,1-2H3. The van der Waals surface area contributed by atoms with E-state index in [0.717, 1.165) is 33.1 Å². The molecule has 0 amide bonds. The Morgan fingerprint density at radius 2 is 2.11 bits per heavy atom. The highest BCUT2D eigenvalue weighted by atomic mass is 79.9. The molecule has 0 unspecified atom stereocenters. The molecule has 1 aromatic carbocycles. The van der Waals surface area contributed by atoms with Gasteiger partial charge in [0.2, 0.25) is 0 Å².